The van der Waals surface area contributed by atoms with Gasteiger partial charge in [0.25, 0.3) is 10.0 Å². The van der Waals surface area contributed by atoms with Gasteiger partial charge in [0.1, 0.15) is 11.7 Å². The summed E-state index contributed by atoms with van der Waals surface area (Å²) in [7, 11) is -3.98. The van der Waals surface area contributed by atoms with E-state index in [1.165, 1.54) is 18.2 Å². The third-order valence-corrected chi connectivity index (χ3v) is 6.51. The van der Waals surface area contributed by atoms with Crippen molar-refractivity contribution < 1.29 is 17.2 Å². The lowest BCUT2D eigenvalue weighted by atomic mass is 10.1. The molecule has 0 radical (unpaired) electrons. The molecule has 0 bridgehead atoms. The molecule has 0 aliphatic heterocycles. The molecule has 0 aliphatic rings. The van der Waals surface area contributed by atoms with E-state index in [0.717, 1.165) is 16.8 Å². The predicted octanol–water partition coefficient (Wildman–Crippen LogP) is 5.26. The zero-order chi connectivity index (χ0) is 21.0. The summed E-state index contributed by atoms with van der Waals surface area (Å²) in [6, 6.07) is 10.3. The third-order valence-electron chi connectivity index (χ3n) is 4.16. The maximum absolute atomic E-state index is 14.4. The second-order valence-electron chi connectivity index (χ2n) is 6.16. The van der Waals surface area contributed by atoms with Crippen molar-refractivity contribution >= 4 is 38.9 Å². The van der Waals surface area contributed by atoms with E-state index in [0.29, 0.717) is 6.42 Å². The number of unbranched alkanes of at least 4 members (excludes halogenated alkanes) is 1. The maximum Gasteiger partial charge on any atom is 0.264 e. The number of sulfonamides is 1. The third kappa shape index (κ3) is 4.55. The molecule has 6 nitrogen and oxygen atoms in total. The van der Waals surface area contributed by atoms with Crippen LogP contribution in [0.25, 0.3) is 11.5 Å². The second-order valence-corrected chi connectivity index (χ2v) is 8.70. The molecule has 0 atom stereocenters. The van der Waals surface area contributed by atoms with Gasteiger partial charge in [0.2, 0.25) is 11.8 Å². The van der Waals surface area contributed by atoms with Crippen LogP contribution in [-0.4, -0.2) is 25.2 Å². The van der Waals surface area contributed by atoms with Gasteiger partial charge in [-0.25, -0.2) is 12.8 Å². The lowest BCUT2D eigenvalue weighted by Gasteiger charge is -2.26. The Bertz CT molecular complexity index is 1090. The van der Waals surface area contributed by atoms with E-state index >= 15 is 0 Å². The smallest absolute Gasteiger partial charge is 0.264 e. The van der Waals surface area contributed by atoms with Gasteiger partial charge in [0.05, 0.1) is 21.2 Å². The fraction of sp³-hybridized carbons (Fsp3) is 0.263. The minimum absolute atomic E-state index is 0.00214. The minimum Gasteiger partial charge on any atom is -0.419 e. The highest BCUT2D eigenvalue weighted by atomic mass is 35.5. The summed E-state index contributed by atoms with van der Waals surface area (Å²) < 4.78 is 47.7. The Morgan fingerprint density at radius 3 is 2.52 bits per heavy atom. The maximum atomic E-state index is 14.4. The van der Waals surface area contributed by atoms with Crippen molar-refractivity contribution in [1.29, 1.82) is 0 Å². The summed E-state index contributed by atoms with van der Waals surface area (Å²) in [5.74, 6) is -0.618. The van der Waals surface area contributed by atoms with Crippen molar-refractivity contribution in [2.45, 2.75) is 30.5 Å². The highest BCUT2D eigenvalue weighted by molar-refractivity contribution is 7.92. The van der Waals surface area contributed by atoms with E-state index in [9.17, 15) is 12.8 Å². The zero-order valence-corrected chi connectivity index (χ0v) is 17.8. The molecule has 1 heterocycles. The van der Waals surface area contributed by atoms with Gasteiger partial charge in [-0.3, -0.25) is 4.31 Å². The first-order valence-corrected chi connectivity index (χ1v) is 11.2. The Morgan fingerprint density at radius 1 is 1.17 bits per heavy atom. The van der Waals surface area contributed by atoms with Gasteiger partial charge in [0.15, 0.2) is 0 Å². The number of nitrogens with zero attached hydrogens (tertiary/aromatic N) is 3. The van der Waals surface area contributed by atoms with E-state index in [2.05, 4.69) is 10.2 Å². The van der Waals surface area contributed by atoms with Gasteiger partial charge in [-0.15, -0.1) is 21.8 Å². The van der Waals surface area contributed by atoms with Crippen LogP contribution in [-0.2, 0) is 15.9 Å². The lowest BCUT2D eigenvalue weighted by Crippen LogP contribution is -2.32. The van der Waals surface area contributed by atoms with E-state index in [4.69, 9.17) is 27.6 Å². The molecule has 10 heteroatoms. The number of aromatic nitrogens is 2. The van der Waals surface area contributed by atoms with Gasteiger partial charge in [-0.1, -0.05) is 43.1 Å². The summed E-state index contributed by atoms with van der Waals surface area (Å²) >= 11 is 11.7. The van der Waals surface area contributed by atoms with E-state index in [1.807, 2.05) is 6.92 Å². The molecular weight excluding hydrogens is 440 g/mol. The standard InChI is InChI=1S/C19H18Cl2FN3O3S/c1-2-3-9-25(29(26,27)13-7-5-4-6-8-13)17-11-16(22)15(21)10-14(17)19-24-23-18(12-20)28-19/h4-8,10-11H,2-3,9,12H2,1H3. The summed E-state index contributed by atoms with van der Waals surface area (Å²) in [6.07, 6.45) is 1.30. The fourth-order valence-corrected chi connectivity index (χ4v) is 4.53. The molecule has 3 aromatic rings. The van der Waals surface area contributed by atoms with Crippen molar-refractivity contribution in [2.24, 2.45) is 0 Å². The molecule has 3 rings (SSSR count). The number of rotatable bonds is 8. The monoisotopic (exact) mass is 457 g/mol. The minimum atomic E-state index is -3.98. The molecule has 0 N–H and O–H groups in total. The van der Waals surface area contributed by atoms with Crippen LogP contribution in [0.4, 0.5) is 10.1 Å². The van der Waals surface area contributed by atoms with Gasteiger partial charge >= 0.3 is 0 Å². The topological polar surface area (TPSA) is 76.3 Å². The Balaban J connectivity index is 2.21. The average Bonchev–Trinajstić information content (AvgIpc) is 3.20. The number of benzene rings is 2. The first-order valence-electron chi connectivity index (χ1n) is 8.84. The molecule has 0 fully saturated rings. The van der Waals surface area contributed by atoms with Gasteiger partial charge in [0, 0.05) is 12.6 Å². The lowest BCUT2D eigenvalue weighted by molar-refractivity contribution is 0.527. The molecule has 0 unspecified atom stereocenters. The molecule has 154 valence electrons. The highest BCUT2D eigenvalue weighted by Crippen LogP contribution is 2.37. The molecule has 0 spiro atoms. The van der Waals surface area contributed by atoms with Gasteiger partial charge in [-0.2, -0.15) is 0 Å². The first-order chi connectivity index (χ1) is 13.9. The van der Waals surface area contributed by atoms with Crippen LogP contribution < -0.4 is 4.31 Å². The summed E-state index contributed by atoms with van der Waals surface area (Å²) in [4.78, 5) is 0.0874. The summed E-state index contributed by atoms with van der Waals surface area (Å²) in [5, 5.41) is 7.50. The van der Waals surface area contributed by atoms with Crippen LogP contribution in [0.3, 0.4) is 0 Å². The van der Waals surface area contributed by atoms with Crippen molar-refractivity contribution in [1.82, 2.24) is 10.2 Å². The van der Waals surface area contributed by atoms with Crippen LogP contribution >= 0.6 is 23.2 Å². The fourth-order valence-electron chi connectivity index (χ4n) is 2.72. The number of hydrogen-bond donors (Lipinski definition) is 0. The van der Waals surface area contributed by atoms with E-state index < -0.39 is 15.8 Å². The SMILES string of the molecule is CCCCN(c1cc(F)c(Cl)cc1-c1nnc(CCl)o1)S(=O)(=O)c1ccccc1. The van der Waals surface area contributed by atoms with Crippen LogP contribution in [0.15, 0.2) is 51.8 Å². The van der Waals surface area contributed by atoms with Crippen LogP contribution in [0.2, 0.25) is 5.02 Å². The van der Waals surface area contributed by atoms with Crippen molar-refractivity contribution in [3.63, 3.8) is 0 Å². The van der Waals surface area contributed by atoms with E-state index in [1.54, 1.807) is 18.2 Å². The molecule has 0 amide bonds. The van der Waals surface area contributed by atoms with Crippen molar-refractivity contribution in [3.8, 4) is 11.5 Å². The summed E-state index contributed by atoms with van der Waals surface area (Å²) in [6.45, 7) is 2.07. The molecule has 1 aromatic heterocycles. The Hall–Kier alpha value is -2.16. The van der Waals surface area contributed by atoms with Gasteiger partial charge < -0.3 is 4.42 Å². The molecule has 0 saturated carbocycles. The average molecular weight is 458 g/mol. The molecule has 2 aromatic carbocycles. The second kappa shape index (κ2) is 9.11. The number of hydrogen-bond acceptors (Lipinski definition) is 5. The Labute approximate surface area is 178 Å². The van der Waals surface area contributed by atoms with Crippen LogP contribution in [0.1, 0.15) is 25.7 Å². The number of alkyl halides is 1. The quantitative estimate of drug-likeness (QED) is 0.431. The van der Waals surface area contributed by atoms with Gasteiger partial charge in [-0.05, 0) is 24.6 Å². The first kappa shape index (κ1) is 21.5. The number of anilines is 1. The zero-order valence-electron chi connectivity index (χ0n) is 15.5. The molecule has 0 saturated heterocycles. The Kier molecular flexibility index (Phi) is 6.77. The Morgan fingerprint density at radius 2 is 1.90 bits per heavy atom. The largest absolute Gasteiger partial charge is 0.419 e. The molecule has 29 heavy (non-hydrogen) atoms. The predicted molar refractivity (Wildman–Crippen MR) is 110 cm³/mol. The number of halogens is 3. The van der Waals surface area contributed by atoms with Crippen LogP contribution in [0, 0.1) is 5.82 Å². The highest BCUT2D eigenvalue weighted by Gasteiger charge is 2.29. The summed E-state index contributed by atoms with van der Waals surface area (Å²) in [5.41, 5.74) is 0.268. The molecular formula is C19H18Cl2FN3O3S. The van der Waals surface area contributed by atoms with Crippen LogP contribution in [0.5, 0.6) is 0 Å². The van der Waals surface area contributed by atoms with E-state index in [-0.39, 0.29) is 45.4 Å². The molecule has 0 aliphatic carbocycles. The van der Waals surface area contributed by atoms with Crippen molar-refractivity contribution in [2.75, 3.05) is 10.8 Å². The normalized spacial score (nSPS) is 11.6. The van der Waals surface area contributed by atoms with Crippen molar-refractivity contribution in [3.05, 3.63) is 59.2 Å².